The molecular weight excluding hydrogens is 945 g/mol. The van der Waals surface area contributed by atoms with E-state index < -0.39 is 24.0 Å². The van der Waals surface area contributed by atoms with Crippen LogP contribution in [0.4, 0.5) is 11.6 Å². The number of thiazole rings is 2. The third-order valence-corrected chi connectivity index (χ3v) is 13.4. The molecule has 2 saturated heterocycles. The number of morpholine rings is 2. The quantitative estimate of drug-likeness (QED) is 0.122. The number of anilines is 2. The smallest absolute Gasteiger partial charge is 0.291 e. The van der Waals surface area contributed by atoms with Crippen molar-refractivity contribution in [1.82, 2.24) is 38.9 Å². The van der Waals surface area contributed by atoms with Gasteiger partial charge < -0.3 is 49.3 Å². The molecule has 0 bridgehead atoms. The molecule has 4 aliphatic rings. The van der Waals surface area contributed by atoms with Crippen molar-refractivity contribution in [3.63, 3.8) is 0 Å². The molecule has 0 spiro atoms. The number of ether oxygens (including phenoxy) is 6. The zero-order valence-corrected chi connectivity index (χ0v) is 40.9. The second-order valence-electron chi connectivity index (χ2n) is 17.0. The number of hydrogen-bond acceptors (Lipinski definition) is 20. The van der Waals surface area contributed by atoms with Crippen molar-refractivity contribution in [2.75, 3.05) is 104 Å². The lowest BCUT2D eigenvalue weighted by atomic mass is 10.2. The van der Waals surface area contributed by atoms with Crippen molar-refractivity contribution >= 4 is 67.9 Å². The fourth-order valence-corrected chi connectivity index (χ4v) is 9.92. The van der Waals surface area contributed by atoms with Crippen molar-refractivity contribution in [2.45, 2.75) is 51.4 Å². The summed E-state index contributed by atoms with van der Waals surface area (Å²) in [6.07, 6.45) is 1.90. The normalized spacial score (nSPS) is 19.4. The molecule has 2 aromatic carbocycles. The fraction of sp³-hybridized carbons (Fsp3) is 0.478. The summed E-state index contributed by atoms with van der Waals surface area (Å²) in [7, 11) is 3.09. The Morgan fingerprint density at radius 2 is 1.20 bits per heavy atom. The lowest BCUT2D eigenvalue weighted by Crippen LogP contribution is -2.48. The first-order valence-corrected chi connectivity index (χ1v) is 24.8. The molecule has 10 rings (SSSR count). The molecule has 22 nitrogen and oxygen atoms in total. The fourth-order valence-electron chi connectivity index (χ4n) is 8.92. The summed E-state index contributed by atoms with van der Waals surface area (Å²) >= 11 is 2.47. The van der Waals surface area contributed by atoms with Crippen molar-refractivity contribution in [1.29, 1.82) is 0 Å². The molecule has 4 atom stereocenters. The van der Waals surface area contributed by atoms with Gasteiger partial charge in [-0.15, -0.1) is 22.7 Å². The minimum absolute atomic E-state index is 0.0982. The van der Waals surface area contributed by atoms with Crippen molar-refractivity contribution < 1.29 is 48.2 Å². The van der Waals surface area contributed by atoms with Crippen LogP contribution in [0.3, 0.4) is 0 Å². The van der Waals surface area contributed by atoms with Gasteiger partial charge in [0.25, 0.3) is 11.8 Å². The first kappa shape index (κ1) is 48.9. The molecule has 4 N–H and O–H groups in total. The lowest BCUT2D eigenvalue weighted by molar-refractivity contribution is -0.0787. The van der Waals surface area contributed by atoms with Gasteiger partial charge in [0.05, 0.1) is 63.1 Å². The van der Waals surface area contributed by atoms with Gasteiger partial charge in [-0.05, 0) is 38.1 Å². The van der Waals surface area contributed by atoms with Crippen molar-refractivity contribution in [3.8, 4) is 23.0 Å². The van der Waals surface area contributed by atoms with Gasteiger partial charge in [0, 0.05) is 76.2 Å². The third-order valence-electron chi connectivity index (χ3n) is 11.9. The summed E-state index contributed by atoms with van der Waals surface area (Å²) in [6.45, 7) is 12.4. The molecule has 4 aliphatic heterocycles. The Bertz CT molecular complexity index is 2930. The molecule has 8 heterocycles. The Hall–Kier alpha value is -6.12. The second kappa shape index (κ2) is 22.3. The van der Waals surface area contributed by atoms with E-state index in [4.69, 9.17) is 33.4 Å². The first-order valence-electron chi connectivity index (χ1n) is 23.0. The van der Waals surface area contributed by atoms with Crippen LogP contribution in [0.2, 0.25) is 0 Å². The molecule has 24 heteroatoms. The van der Waals surface area contributed by atoms with E-state index in [1.54, 1.807) is 25.2 Å². The number of carbonyl (C=O) groups excluding carboxylic acids is 2. The van der Waals surface area contributed by atoms with Gasteiger partial charge in [-0.1, -0.05) is 0 Å². The van der Waals surface area contributed by atoms with Crippen LogP contribution in [-0.2, 0) is 22.6 Å². The largest absolute Gasteiger partial charge is 0.491 e. The number of methoxy groups -OCH3 is 2. The molecule has 2 amide bonds. The Morgan fingerprint density at radius 3 is 1.64 bits per heavy atom. The summed E-state index contributed by atoms with van der Waals surface area (Å²) in [5.74, 6) is 2.62. The predicted octanol–water partition coefficient (Wildman–Crippen LogP) is 2.26. The molecule has 6 aromatic rings. The van der Waals surface area contributed by atoms with Crippen LogP contribution in [0.25, 0.3) is 21.8 Å². The number of aromatic nitrogens is 6. The predicted molar refractivity (Wildman–Crippen MR) is 260 cm³/mol. The minimum Gasteiger partial charge on any atom is -0.491 e. The number of carbonyl (C=O) groups is 2. The maximum atomic E-state index is 12.6. The van der Waals surface area contributed by atoms with Gasteiger partial charge >= 0.3 is 0 Å². The molecule has 0 saturated carbocycles. The topological polar surface area (TPSA) is 247 Å². The van der Waals surface area contributed by atoms with Crippen LogP contribution in [0, 0.1) is 0 Å². The number of nitrogens with one attached hydrogen (secondary N) is 2. The van der Waals surface area contributed by atoms with E-state index in [0.29, 0.717) is 96.3 Å². The summed E-state index contributed by atoms with van der Waals surface area (Å²) in [5, 5.41) is 29.5. The van der Waals surface area contributed by atoms with Crippen LogP contribution in [0.5, 0.6) is 23.0 Å². The van der Waals surface area contributed by atoms with Crippen LogP contribution < -0.4 is 40.8 Å². The van der Waals surface area contributed by atoms with Gasteiger partial charge in [-0.2, -0.15) is 9.98 Å². The average Bonchev–Trinajstić information content (AvgIpc) is 4.22. The van der Waals surface area contributed by atoms with Crippen LogP contribution >= 0.6 is 22.7 Å². The average molecular weight is 1000 g/mol. The Morgan fingerprint density at radius 1 is 0.729 bits per heavy atom. The third kappa shape index (κ3) is 11.1. The van der Waals surface area contributed by atoms with E-state index in [9.17, 15) is 19.8 Å². The number of benzene rings is 2. The zero-order chi connectivity index (χ0) is 48.7. The number of aliphatic hydroxyl groups is 2. The highest BCUT2D eigenvalue weighted by atomic mass is 32.1. The van der Waals surface area contributed by atoms with E-state index in [0.717, 1.165) is 48.6 Å². The zero-order valence-electron chi connectivity index (χ0n) is 39.3. The Balaban J connectivity index is 0.000000174. The summed E-state index contributed by atoms with van der Waals surface area (Å²) in [5.41, 5.74) is 4.81. The number of fused-ring (bicyclic) bond motifs is 6. The second-order valence-corrected chi connectivity index (χ2v) is 18.8. The van der Waals surface area contributed by atoms with Crippen LogP contribution in [0.15, 0.2) is 57.7 Å². The van der Waals surface area contributed by atoms with Gasteiger partial charge in [0.1, 0.15) is 57.8 Å². The molecular formula is C46H56N12O10S2. The molecule has 0 unspecified atom stereocenters. The summed E-state index contributed by atoms with van der Waals surface area (Å²) in [6, 6.07) is 7.42. The number of rotatable bonds is 14. The molecule has 0 aliphatic carbocycles. The maximum Gasteiger partial charge on any atom is 0.291 e. The van der Waals surface area contributed by atoms with E-state index in [1.807, 2.05) is 47.2 Å². The van der Waals surface area contributed by atoms with E-state index in [2.05, 4.69) is 45.4 Å². The lowest BCUT2D eigenvalue weighted by Gasteiger charge is -2.36. The van der Waals surface area contributed by atoms with Crippen LogP contribution in [0.1, 0.15) is 33.2 Å². The SMILES string of the molecule is COc1c(OC[C@@H](O)CN2CCOCC2)ccc2c3n(c(=NC(=O)c4cncs4)nc12)CCN3.COc1c(OC[C@H](O)CN2C[C@@H](C)O[C@@H](C)C2)ccc2c3n(c(=NC(=O)c4cncs4)nc12)CCN3. The molecule has 0 radical (unpaired) electrons. The van der Waals surface area contributed by atoms with Gasteiger partial charge in [0.2, 0.25) is 11.2 Å². The summed E-state index contributed by atoms with van der Waals surface area (Å²) in [4.78, 5) is 56.3. The standard InChI is InChI=1S/C24H30N6O5S.C22H26N6O5S/c1-14-9-29(10-15(2)35-14)11-16(31)12-34-18-5-4-17-20(21(18)33-3)27-24(30-7-6-26-22(17)30)28-23(32)19-8-25-13-36-19;1-31-19-16(33-12-14(29)11-27-6-8-32-9-7-27)3-2-15-18(19)25-22(28-5-4-24-20(15)28)26-21(30)17-10-23-13-34-17/h4-5,8,13-16,26,31H,6-7,9-12H2,1-3H3;2-3,10,13-14,24,29H,4-9,11-12H2,1H3/t14-,15+,16-;14-/m10/s1. The van der Waals surface area contributed by atoms with Crippen LogP contribution in [-0.4, -0.2) is 178 Å². The Kier molecular flexibility index (Phi) is 15.6. The highest BCUT2D eigenvalue weighted by Gasteiger charge is 2.27. The van der Waals surface area contributed by atoms with Crippen molar-refractivity contribution in [3.05, 3.63) is 68.7 Å². The van der Waals surface area contributed by atoms with Gasteiger partial charge in [-0.25, -0.2) is 9.97 Å². The monoisotopic (exact) mass is 1000 g/mol. The number of aliphatic hydroxyl groups excluding tert-OH is 2. The number of nitrogens with zero attached hydrogens (tertiary/aromatic N) is 10. The Labute approximate surface area is 410 Å². The number of amides is 2. The summed E-state index contributed by atoms with van der Waals surface area (Å²) < 4.78 is 38.2. The number of β-amino-alcohol motifs (C(OH)–C–C–N with tert-alkyl or cyclic N) is 2. The molecule has 372 valence electrons. The molecule has 70 heavy (non-hydrogen) atoms. The highest BCUT2D eigenvalue weighted by molar-refractivity contribution is 7.12. The maximum absolute atomic E-state index is 12.6. The molecule has 4 aromatic heterocycles. The number of hydrogen-bond donors (Lipinski definition) is 4. The first-order chi connectivity index (χ1) is 34.1. The van der Waals surface area contributed by atoms with Gasteiger partial charge in [0.15, 0.2) is 23.0 Å². The molecule has 2 fully saturated rings. The van der Waals surface area contributed by atoms with E-state index in [-0.39, 0.29) is 36.7 Å². The van der Waals surface area contributed by atoms with Crippen molar-refractivity contribution in [2.24, 2.45) is 9.98 Å². The highest BCUT2D eigenvalue weighted by Crippen LogP contribution is 2.39. The minimum atomic E-state index is -0.685. The van der Waals surface area contributed by atoms with E-state index in [1.165, 1.54) is 35.1 Å². The van der Waals surface area contributed by atoms with E-state index >= 15 is 0 Å². The van der Waals surface area contributed by atoms with Gasteiger partial charge in [-0.3, -0.25) is 38.5 Å².